The average molecular weight is 285 g/mol. The number of nitrogen functional groups attached to an aromatic ring is 1. The van der Waals surface area contributed by atoms with Gasteiger partial charge in [0.15, 0.2) is 0 Å². The molecule has 0 bridgehead atoms. The summed E-state index contributed by atoms with van der Waals surface area (Å²) in [5.74, 6) is 0.439. The van der Waals surface area contributed by atoms with Gasteiger partial charge in [-0.2, -0.15) is 0 Å². The summed E-state index contributed by atoms with van der Waals surface area (Å²) < 4.78 is 25.8. The number of hydrogen-bond donors (Lipinski definition) is 3. The molecule has 0 heterocycles. The molecule has 0 spiro atoms. The number of anilines is 2. The van der Waals surface area contributed by atoms with Crippen molar-refractivity contribution in [3.8, 4) is 0 Å². The molecule has 1 unspecified atom stereocenters. The molecular formula is C13H23N3O2S. The summed E-state index contributed by atoms with van der Waals surface area (Å²) in [5.41, 5.74) is 7.11. The van der Waals surface area contributed by atoms with Crippen molar-refractivity contribution in [3.05, 3.63) is 18.2 Å². The van der Waals surface area contributed by atoms with Crippen molar-refractivity contribution in [2.45, 2.75) is 38.1 Å². The van der Waals surface area contributed by atoms with Crippen LogP contribution in [0, 0.1) is 5.92 Å². The molecule has 0 aliphatic rings. The topological polar surface area (TPSA) is 84.2 Å². The lowest BCUT2D eigenvalue weighted by Gasteiger charge is -2.23. The van der Waals surface area contributed by atoms with Crippen molar-refractivity contribution in [1.29, 1.82) is 0 Å². The van der Waals surface area contributed by atoms with Crippen LogP contribution in [0.15, 0.2) is 23.1 Å². The molecule has 4 N–H and O–H groups in total. The third-order valence-corrected chi connectivity index (χ3v) is 4.60. The molecule has 0 radical (unpaired) electrons. The van der Waals surface area contributed by atoms with Crippen LogP contribution in [0.2, 0.25) is 0 Å². The first-order valence-corrected chi connectivity index (χ1v) is 7.89. The average Bonchev–Trinajstić information content (AvgIpc) is 2.37. The fourth-order valence-electron chi connectivity index (χ4n) is 1.89. The summed E-state index contributed by atoms with van der Waals surface area (Å²) >= 11 is 0. The van der Waals surface area contributed by atoms with Gasteiger partial charge in [0.25, 0.3) is 0 Å². The van der Waals surface area contributed by atoms with Crippen molar-refractivity contribution in [3.63, 3.8) is 0 Å². The Bertz CT molecular complexity index is 527. The van der Waals surface area contributed by atoms with Crippen molar-refractivity contribution in [2.24, 2.45) is 5.92 Å². The van der Waals surface area contributed by atoms with Crippen molar-refractivity contribution < 1.29 is 8.42 Å². The zero-order valence-corrected chi connectivity index (χ0v) is 12.7. The third kappa shape index (κ3) is 3.84. The minimum Gasteiger partial charge on any atom is -0.397 e. The molecule has 0 aliphatic heterocycles. The van der Waals surface area contributed by atoms with Crippen molar-refractivity contribution >= 4 is 21.4 Å². The minimum absolute atomic E-state index is 0.213. The molecule has 1 rings (SSSR count). The largest absolute Gasteiger partial charge is 0.397 e. The Kier molecular flexibility index (Phi) is 5.20. The summed E-state index contributed by atoms with van der Waals surface area (Å²) in [4.78, 5) is 0.213. The maximum Gasteiger partial charge on any atom is 0.240 e. The number of rotatable bonds is 6. The van der Waals surface area contributed by atoms with E-state index in [4.69, 9.17) is 5.73 Å². The standard InChI is InChI=1S/C13H23N3O2S/c1-5-12(9(2)3)16-13-8-10(6-7-11(13)14)19(17,18)15-4/h6-9,12,15-16H,5,14H2,1-4H3. The Hall–Kier alpha value is -1.27. The second-order valence-corrected chi connectivity index (χ2v) is 6.75. The predicted molar refractivity (Wildman–Crippen MR) is 79.6 cm³/mol. The van der Waals surface area contributed by atoms with E-state index in [0.29, 0.717) is 17.3 Å². The van der Waals surface area contributed by atoms with Gasteiger partial charge in [-0.1, -0.05) is 20.8 Å². The minimum atomic E-state index is -3.45. The van der Waals surface area contributed by atoms with E-state index in [1.165, 1.54) is 13.1 Å². The Morgan fingerprint density at radius 1 is 1.32 bits per heavy atom. The van der Waals surface area contributed by atoms with E-state index >= 15 is 0 Å². The lowest BCUT2D eigenvalue weighted by atomic mass is 10.0. The van der Waals surface area contributed by atoms with Crippen molar-refractivity contribution in [1.82, 2.24) is 4.72 Å². The Morgan fingerprint density at radius 3 is 2.42 bits per heavy atom. The van der Waals surface area contributed by atoms with Gasteiger partial charge in [0, 0.05) is 6.04 Å². The van der Waals surface area contributed by atoms with Gasteiger partial charge in [0.05, 0.1) is 16.3 Å². The number of nitrogens with one attached hydrogen (secondary N) is 2. The molecule has 0 aromatic heterocycles. The smallest absolute Gasteiger partial charge is 0.240 e. The van der Waals surface area contributed by atoms with Crippen LogP contribution in [-0.2, 0) is 10.0 Å². The van der Waals surface area contributed by atoms with Gasteiger partial charge in [0.2, 0.25) is 10.0 Å². The van der Waals surface area contributed by atoms with E-state index in [-0.39, 0.29) is 10.9 Å². The van der Waals surface area contributed by atoms with E-state index in [1.54, 1.807) is 12.1 Å². The van der Waals surface area contributed by atoms with Crippen LogP contribution in [0.25, 0.3) is 0 Å². The van der Waals surface area contributed by atoms with Crippen LogP contribution in [0.1, 0.15) is 27.2 Å². The molecule has 0 saturated heterocycles. The number of benzene rings is 1. The van der Waals surface area contributed by atoms with Gasteiger partial charge in [-0.15, -0.1) is 0 Å². The van der Waals surface area contributed by atoms with Crippen LogP contribution < -0.4 is 15.8 Å². The van der Waals surface area contributed by atoms with Gasteiger partial charge >= 0.3 is 0 Å². The van der Waals surface area contributed by atoms with Crippen LogP contribution in [0.4, 0.5) is 11.4 Å². The highest BCUT2D eigenvalue weighted by Gasteiger charge is 2.16. The van der Waals surface area contributed by atoms with Crippen LogP contribution in [0.3, 0.4) is 0 Å². The fourth-order valence-corrected chi connectivity index (χ4v) is 2.64. The number of nitrogens with two attached hydrogens (primary N) is 1. The van der Waals surface area contributed by atoms with E-state index in [2.05, 4.69) is 30.8 Å². The van der Waals surface area contributed by atoms with Crippen LogP contribution in [-0.4, -0.2) is 21.5 Å². The number of sulfonamides is 1. The first kappa shape index (κ1) is 15.8. The molecule has 0 saturated carbocycles. The molecule has 0 amide bonds. The maximum atomic E-state index is 11.8. The molecule has 1 aromatic carbocycles. The highest BCUT2D eigenvalue weighted by Crippen LogP contribution is 2.25. The van der Waals surface area contributed by atoms with Gasteiger partial charge in [-0.3, -0.25) is 0 Å². The van der Waals surface area contributed by atoms with E-state index in [0.717, 1.165) is 6.42 Å². The summed E-state index contributed by atoms with van der Waals surface area (Å²) in [5, 5.41) is 3.32. The van der Waals surface area contributed by atoms with Crippen LogP contribution >= 0.6 is 0 Å². The number of hydrogen-bond acceptors (Lipinski definition) is 4. The summed E-state index contributed by atoms with van der Waals surface area (Å²) in [6.07, 6.45) is 0.945. The van der Waals surface area contributed by atoms with E-state index < -0.39 is 10.0 Å². The monoisotopic (exact) mass is 285 g/mol. The first-order valence-electron chi connectivity index (χ1n) is 6.41. The quantitative estimate of drug-likeness (QED) is 0.698. The summed E-state index contributed by atoms with van der Waals surface area (Å²) in [7, 11) is -2.06. The molecular weight excluding hydrogens is 262 g/mol. The molecule has 1 aromatic rings. The first-order chi connectivity index (χ1) is 8.81. The molecule has 19 heavy (non-hydrogen) atoms. The lowest BCUT2D eigenvalue weighted by Crippen LogP contribution is -2.25. The van der Waals surface area contributed by atoms with Gasteiger partial charge < -0.3 is 11.1 Å². The van der Waals surface area contributed by atoms with Crippen molar-refractivity contribution in [2.75, 3.05) is 18.1 Å². The fraction of sp³-hybridized carbons (Fsp3) is 0.538. The molecule has 1 atom stereocenters. The second kappa shape index (κ2) is 6.25. The second-order valence-electron chi connectivity index (χ2n) is 4.86. The molecule has 0 fully saturated rings. The SMILES string of the molecule is CCC(Nc1cc(S(=O)(=O)NC)ccc1N)C(C)C. The molecule has 0 aliphatic carbocycles. The molecule has 6 heteroatoms. The van der Waals surface area contributed by atoms with Gasteiger partial charge in [-0.05, 0) is 37.6 Å². The third-order valence-electron chi connectivity index (χ3n) is 3.19. The highest BCUT2D eigenvalue weighted by molar-refractivity contribution is 7.89. The Morgan fingerprint density at radius 2 is 1.95 bits per heavy atom. The Balaban J connectivity index is 3.11. The van der Waals surface area contributed by atoms with Gasteiger partial charge in [-0.25, -0.2) is 13.1 Å². The lowest BCUT2D eigenvalue weighted by molar-refractivity contribution is 0.511. The Labute approximate surface area is 115 Å². The highest BCUT2D eigenvalue weighted by atomic mass is 32.2. The predicted octanol–water partition coefficient (Wildman–Crippen LogP) is 2.02. The van der Waals surface area contributed by atoms with Gasteiger partial charge in [0.1, 0.15) is 0 Å². The maximum absolute atomic E-state index is 11.8. The van der Waals surface area contributed by atoms with E-state index in [9.17, 15) is 8.42 Å². The zero-order valence-electron chi connectivity index (χ0n) is 11.9. The molecule has 108 valence electrons. The molecule has 5 nitrogen and oxygen atoms in total. The van der Waals surface area contributed by atoms with E-state index in [1.807, 2.05) is 0 Å². The normalized spacial score (nSPS) is 13.5. The summed E-state index contributed by atoms with van der Waals surface area (Å²) in [6, 6.07) is 4.95. The summed E-state index contributed by atoms with van der Waals surface area (Å²) in [6.45, 7) is 6.32. The van der Waals surface area contributed by atoms with Crippen LogP contribution in [0.5, 0.6) is 0 Å². The zero-order chi connectivity index (χ0) is 14.6.